The van der Waals surface area contributed by atoms with Crippen molar-refractivity contribution in [3.8, 4) is 5.75 Å². The summed E-state index contributed by atoms with van der Waals surface area (Å²) in [6.45, 7) is 4.72. The lowest BCUT2D eigenvalue weighted by Crippen LogP contribution is -2.48. The molecule has 0 atom stereocenters. The van der Waals surface area contributed by atoms with Gasteiger partial charge in [-0.2, -0.15) is 0 Å². The van der Waals surface area contributed by atoms with Gasteiger partial charge in [-0.05, 0) is 43.3 Å². The van der Waals surface area contributed by atoms with Crippen molar-refractivity contribution in [2.24, 2.45) is 0 Å². The van der Waals surface area contributed by atoms with Crippen LogP contribution in [-0.2, 0) is 0 Å². The number of aromatic nitrogens is 2. The zero-order valence-corrected chi connectivity index (χ0v) is 16.5. The number of aryl methyl sites for hydroxylation is 1. The van der Waals surface area contributed by atoms with Crippen molar-refractivity contribution in [1.82, 2.24) is 15.0 Å². The van der Waals surface area contributed by atoms with Crippen LogP contribution in [0.15, 0.2) is 53.2 Å². The number of nitrogens with one attached hydrogen (secondary N) is 1. The number of nitrogens with zero attached hydrogens (tertiary/aromatic N) is 4. The molecule has 8 heteroatoms. The molecule has 0 saturated carbocycles. The topological polar surface area (TPSA) is 83.7 Å². The lowest BCUT2D eigenvalue weighted by atomic mass is 10.2. The molecule has 1 fully saturated rings. The standard InChI is InChI=1S/C21H23N5O3/c1-15-13-20(24-29-15)23-19-14-16(7-8-22-19)21(27)26-11-9-25(10-12-26)17-3-5-18(28-2)6-4-17/h3-8,13-14H,9-12H2,1-2H3,(H,22,23,24). The highest BCUT2D eigenvalue weighted by molar-refractivity contribution is 5.95. The van der Waals surface area contributed by atoms with E-state index in [4.69, 9.17) is 9.26 Å². The van der Waals surface area contributed by atoms with Gasteiger partial charge in [-0.25, -0.2) is 4.98 Å². The zero-order chi connectivity index (χ0) is 20.2. The summed E-state index contributed by atoms with van der Waals surface area (Å²) in [5.41, 5.74) is 1.73. The van der Waals surface area contributed by atoms with E-state index in [-0.39, 0.29) is 5.91 Å². The molecule has 2 aromatic heterocycles. The highest BCUT2D eigenvalue weighted by Gasteiger charge is 2.22. The van der Waals surface area contributed by atoms with E-state index >= 15 is 0 Å². The Morgan fingerprint density at radius 2 is 1.83 bits per heavy atom. The van der Waals surface area contributed by atoms with E-state index in [1.165, 1.54) is 0 Å². The van der Waals surface area contributed by atoms with Crippen LogP contribution in [0.4, 0.5) is 17.3 Å². The minimum Gasteiger partial charge on any atom is -0.497 e. The molecule has 1 aliphatic heterocycles. The number of rotatable bonds is 5. The van der Waals surface area contributed by atoms with E-state index in [2.05, 4.69) is 20.4 Å². The molecule has 1 amide bonds. The summed E-state index contributed by atoms with van der Waals surface area (Å²) in [4.78, 5) is 21.3. The van der Waals surface area contributed by atoms with Gasteiger partial charge in [0.15, 0.2) is 5.82 Å². The van der Waals surface area contributed by atoms with E-state index in [1.807, 2.05) is 36.1 Å². The molecule has 29 heavy (non-hydrogen) atoms. The van der Waals surface area contributed by atoms with Crippen LogP contribution in [0.1, 0.15) is 16.1 Å². The normalized spacial score (nSPS) is 14.0. The average molecular weight is 393 g/mol. The van der Waals surface area contributed by atoms with Gasteiger partial charge in [0.1, 0.15) is 17.3 Å². The Kier molecular flexibility index (Phi) is 5.33. The number of anilines is 3. The summed E-state index contributed by atoms with van der Waals surface area (Å²) in [6.07, 6.45) is 1.62. The number of pyridine rings is 1. The van der Waals surface area contributed by atoms with Crippen molar-refractivity contribution in [1.29, 1.82) is 0 Å². The third-order valence-electron chi connectivity index (χ3n) is 4.90. The quantitative estimate of drug-likeness (QED) is 0.713. The number of carbonyl (C=O) groups excluding carboxylic acids is 1. The minimum absolute atomic E-state index is 0.00108. The summed E-state index contributed by atoms with van der Waals surface area (Å²) in [5, 5.41) is 6.94. The second kappa shape index (κ2) is 8.22. The van der Waals surface area contributed by atoms with Gasteiger partial charge < -0.3 is 24.4 Å². The summed E-state index contributed by atoms with van der Waals surface area (Å²) >= 11 is 0. The van der Waals surface area contributed by atoms with Crippen LogP contribution < -0.4 is 15.0 Å². The Morgan fingerprint density at radius 1 is 1.07 bits per heavy atom. The first-order valence-electron chi connectivity index (χ1n) is 9.47. The van der Waals surface area contributed by atoms with Gasteiger partial charge in [0.05, 0.1) is 7.11 Å². The van der Waals surface area contributed by atoms with Crippen molar-refractivity contribution in [3.63, 3.8) is 0 Å². The number of amides is 1. The maximum atomic E-state index is 12.9. The number of benzene rings is 1. The van der Waals surface area contributed by atoms with Gasteiger partial charge in [-0.15, -0.1) is 0 Å². The summed E-state index contributed by atoms with van der Waals surface area (Å²) < 4.78 is 10.3. The Balaban J connectivity index is 1.38. The molecule has 4 rings (SSSR count). The monoisotopic (exact) mass is 393 g/mol. The maximum Gasteiger partial charge on any atom is 0.254 e. The molecule has 3 heterocycles. The predicted octanol–water partition coefficient (Wildman–Crippen LogP) is 3.09. The predicted molar refractivity (Wildman–Crippen MR) is 110 cm³/mol. The molecule has 0 bridgehead atoms. The highest BCUT2D eigenvalue weighted by Crippen LogP contribution is 2.21. The van der Waals surface area contributed by atoms with E-state index in [0.717, 1.165) is 24.5 Å². The first-order valence-corrected chi connectivity index (χ1v) is 9.47. The van der Waals surface area contributed by atoms with Gasteiger partial charge in [0.2, 0.25) is 0 Å². The average Bonchev–Trinajstić information content (AvgIpc) is 3.18. The van der Waals surface area contributed by atoms with Crippen LogP contribution in [0.2, 0.25) is 0 Å². The second-order valence-electron chi connectivity index (χ2n) is 6.85. The van der Waals surface area contributed by atoms with Crippen LogP contribution in [-0.4, -0.2) is 54.2 Å². The lowest BCUT2D eigenvalue weighted by Gasteiger charge is -2.36. The van der Waals surface area contributed by atoms with E-state index < -0.39 is 0 Å². The van der Waals surface area contributed by atoms with Crippen LogP contribution in [0, 0.1) is 6.92 Å². The van der Waals surface area contributed by atoms with E-state index in [0.29, 0.717) is 36.0 Å². The zero-order valence-electron chi connectivity index (χ0n) is 16.5. The molecular formula is C21H23N5O3. The molecule has 0 unspecified atom stereocenters. The van der Waals surface area contributed by atoms with Crippen molar-refractivity contribution < 1.29 is 14.1 Å². The largest absolute Gasteiger partial charge is 0.497 e. The molecule has 8 nitrogen and oxygen atoms in total. The van der Waals surface area contributed by atoms with Crippen LogP contribution in [0.5, 0.6) is 5.75 Å². The summed E-state index contributed by atoms with van der Waals surface area (Å²) in [7, 11) is 1.66. The molecule has 1 saturated heterocycles. The minimum atomic E-state index is 0.00108. The van der Waals surface area contributed by atoms with Crippen LogP contribution in [0.25, 0.3) is 0 Å². The molecule has 1 N–H and O–H groups in total. The van der Waals surface area contributed by atoms with Crippen LogP contribution in [0.3, 0.4) is 0 Å². The maximum absolute atomic E-state index is 12.9. The van der Waals surface area contributed by atoms with Gasteiger partial charge in [0, 0.05) is 49.7 Å². The van der Waals surface area contributed by atoms with E-state index in [1.54, 1.807) is 31.5 Å². The Hall–Kier alpha value is -3.55. The van der Waals surface area contributed by atoms with Crippen LogP contribution >= 0.6 is 0 Å². The third kappa shape index (κ3) is 4.31. The van der Waals surface area contributed by atoms with Gasteiger partial charge in [-0.3, -0.25) is 4.79 Å². The number of piperazine rings is 1. The third-order valence-corrected chi connectivity index (χ3v) is 4.90. The molecule has 1 aliphatic rings. The second-order valence-corrected chi connectivity index (χ2v) is 6.85. The fourth-order valence-electron chi connectivity index (χ4n) is 3.33. The van der Waals surface area contributed by atoms with Gasteiger partial charge in [0.25, 0.3) is 5.91 Å². The van der Waals surface area contributed by atoms with Crippen molar-refractivity contribution in [3.05, 3.63) is 60.0 Å². The fraction of sp³-hybridized carbons (Fsp3) is 0.286. The Labute approximate surface area is 169 Å². The molecule has 0 aliphatic carbocycles. The molecule has 0 spiro atoms. The number of methoxy groups -OCH3 is 1. The van der Waals surface area contributed by atoms with E-state index in [9.17, 15) is 4.79 Å². The smallest absolute Gasteiger partial charge is 0.254 e. The number of hydrogen-bond acceptors (Lipinski definition) is 7. The van der Waals surface area contributed by atoms with Gasteiger partial charge >= 0.3 is 0 Å². The first kappa shape index (κ1) is 18.8. The molecule has 1 aromatic carbocycles. The van der Waals surface area contributed by atoms with Crippen molar-refractivity contribution in [2.45, 2.75) is 6.92 Å². The number of hydrogen-bond donors (Lipinski definition) is 1. The lowest BCUT2D eigenvalue weighted by molar-refractivity contribution is 0.0746. The fourth-order valence-corrected chi connectivity index (χ4v) is 3.33. The summed E-state index contributed by atoms with van der Waals surface area (Å²) in [6, 6.07) is 13.2. The SMILES string of the molecule is COc1ccc(N2CCN(C(=O)c3ccnc(Nc4cc(C)on4)c3)CC2)cc1. The molecular weight excluding hydrogens is 370 g/mol. The first-order chi connectivity index (χ1) is 14.1. The van der Waals surface area contributed by atoms with Crippen molar-refractivity contribution >= 4 is 23.2 Å². The Morgan fingerprint density at radius 3 is 2.48 bits per heavy atom. The molecule has 3 aromatic rings. The number of carbonyl (C=O) groups is 1. The molecule has 0 radical (unpaired) electrons. The number of ether oxygens (including phenoxy) is 1. The molecule has 150 valence electrons. The summed E-state index contributed by atoms with van der Waals surface area (Å²) in [5.74, 6) is 2.66. The van der Waals surface area contributed by atoms with Crippen molar-refractivity contribution in [2.75, 3.05) is 43.5 Å². The highest BCUT2D eigenvalue weighted by atomic mass is 16.5. The van der Waals surface area contributed by atoms with Gasteiger partial charge in [-0.1, -0.05) is 5.16 Å². The Bertz CT molecular complexity index is 978.